The largest absolute Gasteiger partial charge is 0.456 e. The molecule has 0 amide bonds. The van der Waals surface area contributed by atoms with Crippen LogP contribution in [0.25, 0.3) is 0 Å². The smallest absolute Gasteiger partial charge is 0.305 e. The highest BCUT2D eigenvalue weighted by atomic mass is 79.9. The number of nitrogens with zero attached hydrogens (tertiary/aromatic N) is 1. The van der Waals surface area contributed by atoms with Crippen LogP contribution in [0.15, 0.2) is 40.9 Å². The van der Waals surface area contributed by atoms with Gasteiger partial charge in [-0.1, -0.05) is 6.07 Å². The standard InChI is InChI=1S/C14H11BrFNO4/c1-8(18)9-2-5-14(11(15)6-9)21-10-3-4-13(17(19)20)12(16)7-10/h2-8,18H,1H3. The average molecular weight is 356 g/mol. The zero-order valence-electron chi connectivity index (χ0n) is 10.9. The van der Waals surface area contributed by atoms with Crippen molar-refractivity contribution >= 4 is 21.6 Å². The molecule has 2 aromatic carbocycles. The van der Waals surface area contributed by atoms with Gasteiger partial charge < -0.3 is 9.84 Å². The topological polar surface area (TPSA) is 72.6 Å². The summed E-state index contributed by atoms with van der Waals surface area (Å²) in [6, 6.07) is 8.28. The number of rotatable bonds is 4. The maximum Gasteiger partial charge on any atom is 0.305 e. The molecule has 0 aliphatic rings. The molecular weight excluding hydrogens is 345 g/mol. The summed E-state index contributed by atoms with van der Waals surface area (Å²) in [5.41, 5.74) is 0.0926. The Balaban J connectivity index is 2.26. The average Bonchev–Trinajstić information content (AvgIpc) is 2.40. The van der Waals surface area contributed by atoms with Gasteiger partial charge in [0, 0.05) is 12.1 Å². The van der Waals surface area contributed by atoms with Crippen molar-refractivity contribution in [3.63, 3.8) is 0 Å². The van der Waals surface area contributed by atoms with Crippen molar-refractivity contribution in [2.45, 2.75) is 13.0 Å². The second-order valence-corrected chi connectivity index (χ2v) is 5.19. The van der Waals surface area contributed by atoms with E-state index in [4.69, 9.17) is 4.74 Å². The van der Waals surface area contributed by atoms with Crippen molar-refractivity contribution < 1.29 is 19.2 Å². The van der Waals surface area contributed by atoms with Crippen molar-refractivity contribution in [1.82, 2.24) is 0 Å². The zero-order chi connectivity index (χ0) is 15.6. The molecule has 110 valence electrons. The van der Waals surface area contributed by atoms with Crippen LogP contribution >= 0.6 is 15.9 Å². The fourth-order valence-electron chi connectivity index (χ4n) is 1.69. The Kier molecular flexibility index (Phi) is 4.54. The van der Waals surface area contributed by atoms with E-state index in [1.165, 1.54) is 6.07 Å². The van der Waals surface area contributed by atoms with Gasteiger partial charge in [-0.25, -0.2) is 0 Å². The van der Waals surface area contributed by atoms with E-state index in [1.54, 1.807) is 25.1 Å². The zero-order valence-corrected chi connectivity index (χ0v) is 12.5. The summed E-state index contributed by atoms with van der Waals surface area (Å²) < 4.78 is 19.6. The lowest BCUT2D eigenvalue weighted by atomic mass is 10.1. The fourth-order valence-corrected chi connectivity index (χ4v) is 2.16. The third-order valence-electron chi connectivity index (χ3n) is 2.78. The monoisotopic (exact) mass is 355 g/mol. The van der Waals surface area contributed by atoms with E-state index in [9.17, 15) is 19.6 Å². The van der Waals surface area contributed by atoms with E-state index >= 15 is 0 Å². The van der Waals surface area contributed by atoms with Crippen LogP contribution in [0.3, 0.4) is 0 Å². The summed E-state index contributed by atoms with van der Waals surface area (Å²) >= 11 is 3.29. The molecule has 0 heterocycles. The van der Waals surface area contributed by atoms with Crippen molar-refractivity contribution in [1.29, 1.82) is 0 Å². The Morgan fingerprint density at radius 3 is 2.57 bits per heavy atom. The van der Waals surface area contributed by atoms with Gasteiger partial charge in [0.05, 0.1) is 15.5 Å². The molecule has 0 saturated carbocycles. The highest BCUT2D eigenvalue weighted by Gasteiger charge is 2.15. The molecule has 5 nitrogen and oxygen atoms in total. The van der Waals surface area contributed by atoms with E-state index in [2.05, 4.69) is 15.9 Å². The van der Waals surface area contributed by atoms with E-state index in [0.717, 1.165) is 12.1 Å². The molecule has 0 fully saturated rings. The Hall–Kier alpha value is -1.99. The molecule has 1 unspecified atom stereocenters. The van der Waals surface area contributed by atoms with Crippen LogP contribution in [0.4, 0.5) is 10.1 Å². The van der Waals surface area contributed by atoms with Gasteiger partial charge in [-0.2, -0.15) is 4.39 Å². The summed E-state index contributed by atoms with van der Waals surface area (Å²) in [7, 11) is 0. The SMILES string of the molecule is CC(O)c1ccc(Oc2ccc([N+](=O)[O-])c(F)c2)c(Br)c1. The first-order chi connectivity index (χ1) is 9.88. The van der Waals surface area contributed by atoms with E-state index in [1.807, 2.05) is 0 Å². The quantitative estimate of drug-likeness (QED) is 0.653. The third-order valence-corrected chi connectivity index (χ3v) is 3.40. The third kappa shape index (κ3) is 3.56. The van der Waals surface area contributed by atoms with Crippen LogP contribution in [0.2, 0.25) is 0 Å². The van der Waals surface area contributed by atoms with Gasteiger partial charge in [-0.05, 0) is 46.6 Å². The van der Waals surface area contributed by atoms with E-state index in [-0.39, 0.29) is 5.75 Å². The van der Waals surface area contributed by atoms with Crippen LogP contribution in [-0.4, -0.2) is 10.0 Å². The summed E-state index contributed by atoms with van der Waals surface area (Å²) in [5.74, 6) is -0.412. The van der Waals surface area contributed by atoms with Gasteiger partial charge >= 0.3 is 5.69 Å². The lowest BCUT2D eigenvalue weighted by molar-refractivity contribution is -0.387. The van der Waals surface area contributed by atoms with Crippen molar-refractivity contribution in [3.8, 4) is 11.5 Å². The van der Waals surface area contributed by atoms with E-state index in [0.29, 0.717) is 15.8 Å². The first-order valence-electron chi connectivity index (χ1n) is 5.98. The van der Waals surface area contributed by atoms with Crippen molar-refractivity contribution in [3.05, 3.63) is 62.4 Å². The number of nitro benzene ring substituents is 1. The summed E-state index contributed by atoms with van der Waals surface area (Å²) in [4.78, 5) is 9.74. The fraction of sp³-hybridized carbons (Fsp3) is 0.143. The van der Waals surface area contributed by atoms with E-state index < -0.39 is 22.5 Å². The molecule has 1 N–H and O–H groups in total. The van der Waals surface area contributed by atoms with Crippen LogP contribution < -0.4 is 4.74 Å². The summed E-state index contributed by atoms with van der Waals surface area (Å²) in [6.07, 6.45) is -0.618. The molecule has 21 heavy (non-hydrogen) atoms. The number of hydrogen-bond acceptors (Lipinski definition) is 4. The number of hydrogen-bond donors (Lipinski definition) is 1. The minimum Gasteiger partial charge on any atom is -0.456 e. The van der Waals surface area contributed by atoms with Crippen molar-refractivity contribution in [2.75, 3.05) is 0 Å². The Labute approximate surface area is 128 Å². The first-order valence-corrected chi connectivity index (χ1v) is 6.77. The second-order valence-electron chi connectivity index (χ2n) is 4.34. The van der Waals surface area contributed by atoms with Crippen LogP contribution in [0.1, 0.15) is 18.6 Å². The molecular formula is C14H11BrFNO4. The molecule has 0 bridgehead atoms. The van der Waals surface area contributed by atoms with Gasteiger partial charge in [0.2, 0.25) is 5.82 Å². The highest BCUT2D eigenvalue weighted by molar-refractivity contribution is 9.10. The lowest BCUT2D eigenvalue weighted by Crippen LogP contribution is -1.94. The van der Waals surface area contributed by atoms with Gasteiger partial charge in [-0.3, -0.25) is 10.1 Å². The molecule has 0 aliphatic heterocycles. The number of halogens is 2. The normalized spacial score (nSPS) is 12.0. The highest BCUT2D eigenvalue weighted by Crippen LogP contribution is 2.33. The summed E-state index contributed by atoms with van der Waals surface area (Å²) in [6.45, 7) is 1.63. The summed E-state index contributed by atoms with van der Waals surface area (Å²) in [5, 5.41) is 20.0. The predicted octanol–water partition coefficient (Wildman–Crippen LogP) is 4.34. The number of aliphatic hydroxyl groups is 1. The van der Waals surface area contributed by atoms with Gasteiger partial charge in [-0.15, -0.1) is 0 Å². The molecule has 0 saturated heterocycles. The number of benzene rings is 2. The van der Waals surface area contributed by atoms with Crippen LogP contribution in [0, 0.1) is 15.9 Å². The Morgan fingerprint density at radius 2 is 2.05 bits per heavy atom. The molecule has 0 radical (unpaired) electrons. The Morgan fingerprint density at radius 1 is 1.33 bits per heavy atom. The maximum atomic E-state index is 13.5. The number of ether oxygens (including phenoxy) is 1. The second kappa shape index (κ2) is 6.19. The molecule has 2 aromatic rings. The van der Waals surface area contributed by atoms with Crippen LogP contribution in [-0.2, 0) is 0 Å². The van der Waals surface area contributed by atoms with Gasteiger partial charge in [0.15, 0.2) is 0 Å². The molecule has 0 aromatic heterocycles. The molecule has 7 heteroatoms. The predicted molar refractivity (Wildman–Crippen MR) is 77.9 cm³/mol. The minimum atomic E-state index is -0.964. The lowest BCUT2D eigenvalue weighted by Gasteiger charge is -2.10. The minimum absolute atomic E-state index is 0.142. The van der Waals surface area contributed by atoms with Crippen LogP contribution in [0.5, 0.6) is 11.5 Å². The number of nitro groups is 1. The van der Waals surface area contributed by atoms with Gasteiger partial charge in [0.25, 0.3) is 0 Å². The van der Waals surface area contributed by atoms with Crippen molar-refractivity contribution in [2.24, 2.45) is 0 Å². The molecule has 1 atom stereocenters. The molecule has 0 spiro atoms. The Bertz CT molecular complexity index is 691. The maximum absolute atomic E-state index is 13.5. The van der Waals surface area contributed by atoms with Gasteiger partial charge in [0.1, 0.15) is 11.5 Å². The first kappa shape index (κ1) is 15.4. The molecule has 2 rings (SSSR count). The number of aliphatic hydroxyl groups excluding tert-OH is 1. The molecule has 0 aliphatic carbocycles.